The fourth-order valence-electron chi connectivity index (χ4n) is 2.89. The van der Waals surface area contributed by atoms with Crippen LogP contribution < -0.4 is 5.32 Å². The van der Waals surface area contributed by atoms with E-state index in [4.69, 9.17) is 0 Å². The lowest BCUT2D eigenvalue weighted by atomic mass is 10.0. The zero-order valence-electron chi connectivity index (χ0n) is 13.8. The van der Waals surface area contributed by atoms with E-state index in [1.165, 1.54) is 0 Å². The van der Waals surface area contributed by atoms with Crippen LogP contribution in [0.5, 0.6) is 0 Å². The van der Waals surface area contributed by atoms with Crippen LogP contribution in [-0.2, 0) is 11.2 Å². The summed E-state index contributed by atoms with van der Waals surface area (Å²) in [7, 11) is 0. The second-order valence-corrected chi connectivity index (χ2v) is 6.08. The number of aliphatic hydroxyl groups excluding tert-OH is 1. The molecule has 0 radical (unpaired) electrons. The van der Waals surface area contributed by atoms with E-state index in [9.17, 15) is 9.90 Å². The molecule has 0 saturated heterocycles. The molecule has 1 unspecified atom stereocenters. The minimum atomic E-state index is -0.675. The standard InChI is InChI=1S/C20H22N2O2/c1-14-4-2-3-5-17(14)19(23)13-22-20(24)9-7-15-6-8-18-16(12-15)10-11-21-18/h2-6,8,10-12,19,21,23H,7,9,13H2,1H3,(H,22,24). The number of fused-ring (bicyclic) bond motifs is 1. The van der Waals surface area contributed by atoms with Crippen LogP contribution in [0.4, 0.5) is 0 Å². The van der Waals surface area contributed by atoms with Crippen molar-refractivity contribution in [3.63, 3.8) is 0 Å². The maximum Gasteiger partial charge on any atom is 0.220 e. The summed E-state index contributed by atoms with van der Waals surface area (Å²) in [5.41, 5.74) is 4.12. The molecule has 3 aromatic rings. The van der Waals surface area contributed by atoms with E-state index in [2.05, 4.69) is 16.4 Å². The fourth-order valence-corrected chi connectivity index (χ4v) is 2.89. The summed E-state index contributed by atoms with van der Waals surface area (Å²) >= 11 is 0. The first-order valence-corrected chi connectivity index (χ1v) is 8.20. The Morgan fingerprint density at radius 2 is 2.04 bits per heavy atom. The summed E-state index contributed by atoms with van der Waals surface area (Å²) in [5.74, 6) is -0.0446. The largest absolute Gasteiger partial charge is 0.387 e. The molecule has 3 N–H and O–H groups in total. The highest BCUT2D eigenvalue weighted by Crippen LogP contribution is 2.17. The number of carbonyl (C=O) groups is 1. The minimum absolute atomic E-state index is 0.0446. The number of benzene rings is 2. The molecule has 1 aromatic heterocycles. The van der Waals surface area contributed by atoms with Crippen LogP contribution in [0.1, 0.15) is 29.2 Å². The van der Waals surface area contributed by atoms with Crippen LogP contribution in [0.25, 0.3) is 10.9 Å². The highest BCUT2D eigenvalue weighted by atomic mass is 16.3. The van der Waals surface area contributed by atoms with Gasteiger partial charge in [0.05, 0.1) is 6.10 Å². The lowest BCUT2D eigenvalue weighted by molar-refractivity contribution is -0.121. The van der Waals surface area contributed by atoms with Crippen molar-refractivity contribution in [1.29, 1.82) is 0 Å². The lowest BCUT2D eigenvalue weighted by Gasteiger charge is -2.14. The maximum atomic E-state index is 12.0. The number of H-pyrrole nitrogens is 1. The Morgan fingerprint density at radius 3 is 2.88 bits per heavy atom. The van der Waals surface area contributed by atoms with Gasteiger partial charge in [0.15, 0.2) is 0 Å². The number of hydrogen-bond acceptors (Lipinski definition) is 2. The third kappa shape index (κ3) is 3.84. The van der Waals surface area contributed by atoms with Gasteiger partial charge in [0.2, 0.25) is 5.91 Å². The van der Waals surface area contributed by atoms with Crippen molar-refractivity contribution in [1.82, 2.24) is 10.3 Å². The van der Waals surface area contributed by atoms with Gasteiger partial charge >= 0.3 is 0 Å². The molecule has 4 nitrogen and oxygen atoms in total. The van der Waals surface area contributed by atoms with E-state index < -0.39 is 6.10 Å². The summed E-state index contributed by atoms with van der Waals surface area (Å²) < 4.78 is 0. The first kappa shape index (κ1) is 16.3. The lowest BCUT2D eigenvalue weighted by Crippen LogP contribution is -2.28. The first-order valence-electron chi connectivity index (χ1n) is 8.20. The maximum absolute atomic E-state index is 12.0. The molecule has 0 fully saturated rings. The van der Waals surface area contributed by atoms with Crippen molar-refractivity contribution in [3.05, 3.63) is 71.4 Å². The van der Waals surface area contributed by atoms with Gasteiger partial charge < -0.3 is 15.4 Å². The quantitative estimate of drug-likeness (QED) is 0.652. The molecule has 0 bridgehead atoms. The van der Waals surface area contributed by atoms with E-state index in [-0.39, 0.29) is 12.5 Å². The number of aliphatic hydroxyl groups is 1. The first-order chi connectivity index (χ1) is 11.6. The Morgan fingerprint density at radius 1 is 1.21 bits per heavy atom. The SMILES string of the molecule is Cc1ccccc1C(O)CNC(=O)CCc1ccc2[nH]ccc2c1. The molecule has 0 spiro atoms. The van der Waals surface area contributed by atoms with E-state index >= 15 is 0 Å². The molecule has 0 aliphatic heterocycles. The topological polar surface area (TPSA) is 65.1 Å². The van der Waals surface area contributed by atoms with E-state index in [1.54, 1.807) is 0 Å². The summed E-state index contributed by atoms with van der Waals surface area (Å²) in [6.45, 7) is 2.19. The van der Waals surface area contributed by atoms with Gasteiger partial charge in [-0.2, -0.15) is 0 Å². The molecule has 3 rings (SSSR count). The average molecular weight is 322 g/mol. The molecule has 1 heterocycles. The van der Waals surface area contributed by atoms with Crippen LogP contribution in [0.15, 0.2) is 54.7 Å². The van der Waals surface area contributed by atoms with Crippen LogP contribution >= 0.6 is 0 Å². The minimum Gasteiger partial charge on any atom is -0.387 e. The van der Waals surface area contributed by atoms with Crippen LogP contribution in [0.2, 0.25) is 0 Å². The number of amides is 1. The number of carbonyl (C=O) groups excluding carboxylic acids is 1. The summed E-state index contributed by atoms with van der Waals surface area (Å²) in [6, 6.07) is 15.9. The van der Waals surface area contributed by atoms with Crippen molar-refractivity contribution < 1.29 is 9.90 Å². The Kier molecular flexibility index (Phi) is 4.96. The molecule has 124 valence electrons. The molecule has 4 heteroatoms. The highest BCUT2D eigenvalue weighted by Gasteiger charge is 2.11. The van der Waals surface area contributed by atoms with Crippen molar-refractivity contribution in [2.24, 2.45) is 0 Å². The molecular weight excluding hydrogens is 300 g/mol. The predicted molar refractivity (Wildman–Crippen MR) is 95.8 cm³/mol. The molecular formula is C20H22N2O2. The third-order valence-electron chi connectivity index (χ3n) is 4.30. The van der Waals surface area contributed by atoms with Crippen LogP contribution in [0.3, 0.4) is 0 Å². The molecule has 0 saturated carbocycles. The van der Waals surface area contributed by atoms with Gasteiger partial charge in [0.1, 0.15) is 0 Å². The number of aromatic nitrogens is 1. The van der Waals surface area contributed by atoms with Gasteiger partial charge in [-0.15, -0.1) is 0 Å². The van der Waals surface area contributed by atoms with E-state index in [0.717, 1.165) is 27.6 Å². The monoisotopic (exact) mass is 322 g/mol. The molecule has 1 atom stereocenters. The van der Waals surface area contributed by atoms with Gasteiger partial charge in [-0.05, 0) is 53.6 Å². The van der Waals surface area contributed by atoms with Gasteiger partial charge in [-0.3, -0.25) is 4.79 Å². The molecule has 2 aromatic carbocycles. The summed E-state index contributed by atoms with van der Waals surface area (Å²) in [4.78, 5) is 15.2. The Bertz CT molecular complexity index is 838. The van der Waals surface area contributed by atoms with Crippen molar-refractivity contribution in [3.8, 4) is 0 Å². The van der Waals surface area contributed by atoms with Crippen LogP contribution in [0, 0.1) is 6.92 Å². The zero-order valence-corrected chi connectivity index (χ0v) is 13.8. The Labute approximate surface area is 141 Å². The number of hydrogen-bond donors (Lipinski definition) is 3. The Hall–Kier alpha value is -2.59. The molecule has 1 amide bonds. The fraction of sp³-hybridized carbons (Fsp3) is 0.250. The smallest absolute Gasteiger partial charge is 0.220 e. The highest BCUT2D eigenvalue weighted by molar-refractivity contribution is 5.80. The number of aromatic amines is 1. The van der Waals surface area contributed by atoms with Gasteiger partial charge in [0, 0.05) is 24.7 Å². The second-order valence-electron chi connectivity index (χ2n) is 6.08. The average Bonchev–Trinajstić information content (AvgIpc) is 3.06. The van der Waals surface area contributed by atoms with Crippen molar-refractivity contribution >= 4 is 16.8 Å². The third-order valence-corrected chi connectivity index (χ3v) is 4.30. The summed E-state index contributed by atoms with van der Waals surface area (Å²) in [6.07, 6.45) is 2.34. The predicted octanol–water partition coefficient (Wildman–Crippen LogP) is 3.26. The van der Waals surface area contributed by atoms with Crippen LogP contribution in [-0.4, -0.2) is 22.5 Å². The number of aryl methyl sites for hydroxylation is 2. The number of rotatable bonds is 6. The van der Waals surface area contributed by atoms with Gasteiger partial charge in [-0.25, -0.2) is 0 Å². The van der Waals surface area contributed by atoms with Crippen molar-refractivity contribution in [2.45, 2.75) is 25.9 Å². The van der Waals surface area contributed by atoms with E-state index in [0.29, 0.717) is 12.8 Å². The number of nitrogens with one attached hydrogen (secondary N) is 2. The summed E-state index contributed by atoms with van der Waals surface area (Å²) in [5, 5.41) is 14.2. The normalized spacial score (nSPS) is 12.2. The van der Waals surface area contributed by atoms with Gasteiger partial charge in [0.25, 0.3) is 0 Å². The second kappa shape index (κ2) is 7.32. The van der Waals surface area contributed by atoms with E-state index in [1.807, 2.05) is 55.6 Å². The zero-order chi connectivity index (χ0) is 16.9. The Balaban J connectivity index is 1.49. The molecule has 24 heavy (non-hydrogen) atoms. The van der Waals surface area contributed by atoms with Gasteiger partial charge in [-0.1, -0.05) is 30.3 Å². The van der Waals surface area contributed by atoms with Crippen molar-refractivity contribution in [2.75, 3.05) is 6.54 Å². The molecule has 0 aliphatic rings. The molecule has 0 aliphatic carbocycles.